The first-order valence-electron chi connectivity index (χ1n) is 7.42. The zero-order chi connectivity index (χ0) is 14.5. The summed E-state index contributed by atoms with van der Waals surface area (Å²) in [5, 5.41) is 3.58. The molecule has 112 valence electrons. The Morgan fingerprint density at radius 1 is 1.35 bits per heavy atom. The van der Waals surface area contributed by atoms with E-state index in [0.29, 0.717) is 12.6 Å². The van der Waals surface area contributed by atoms with Crippen LogP contribution in [0.15, 0.2) is 23.1 Å². The molecule has 0 amide bonds. The average Bonchev–Trinajstić information content (AvgIpc) is 2.47. The summed E-state index contributed by atoms with van der Waals surface area (Å²) in [6, 6.07) is 6.40. The Morgan fingerprint density at radius 2 is 2.15 bits per heavy atom. The predicted octanol–water partition coefficient (Wildman–Crippen LogP) is 2.57. The topological polar surface area (TPSA) is 38.3 Å². The van der Waals surface area contributed by atoms with Gasteiger partial charge in [0, 0.05) is 17.5 Å². The molecule has 0 aliphatic carbocycles. The van der Waals surface area contributed by atoms with Gasteiger partial charge in [0.15, 0.2) is 0 Å². The first-order chi connectivity index (χ1) is 9.63. The lowest BCUT2D eigenvalue weighted by Gasteiger charge is -2.31. The quantitative estimate of drug-likeness (QED) is 0.907. The molecule has 1 saturated heterocycles. The minimum Gasteiger partial charge on any atom is -0.380 e. The lowest BCUT2D eigenvalue weighted by Crippen LogP contribution is -2.48. The van der Waals surface area contributed by atoms with Crippen molar-refractivity contribution in [2.75, 3.05) is 19.8 Å². The van der Waals surface area contributed by atoms with E-state index in [9.17, 15) is 4.21 Å². The summed E-state index contributed by atoms with van der Waals surface area (Å²) in [7, 11) is -1.01. The van der Waals surface area contributed by atoms with Crippen LogP contribution >= 0.6 is 0 Å². The summed E-state index contributed by atoms with van der Waals surface area (Å²) in [6.07, 6.45) is 2.04. The van der Waals surface area contributed by atoms with Crippen molar-refractivity contribution in [3.63, 3.8) is 0 Å². The molecule has 3 nitrogen and oxygen atoms in total. The van der Waals surface area contributed by atoms with Gasteiger partial charge in [-0.25, -0.2) is 0 Å². The van der Waals surface area contributed by atoms with E-state index in [2.05, 4.69) is 38.2 Å². The number of hydrogen-bond donors (Lipinski definition) is 1. The molecule has 4 heteroatoms. The van der Waals surface area contributed by atoms with Crippen LogP contribution in [-0.4, -0.2) is 35.3 Å². The van der Waals surface area contributed by atoms with E-state index in [1.54, 1.807) is 0 Å². The number of ether oxygens (including phenoxy) is 1. The Balaban J connectivity index is 2.14. The second-order valence-corrected chi connectivity index (χ2v) is 7.18. The first kappa shape index (κ1) is 15.7. The van der Waals surface area contributed by atoms with E-state index in [1.807, 2.05) is 6.07 Å². The number of benzene rings is 1. The van der Waals surface area contributed by atoms with E-state index in [-0.39, 0.29) is 5.25 Å². The van der Waals surface area contributed by atoms with Gasteiger partial charge >= 0.3 is 0 Å². The van der Waals surface area contributed by atoms with Crippen LogP contribution in [0.2, 0.25) is 0 Å². The highest BCUT2D eigenvalue weighted by molar-refractivity contribution is 7.85. The molecule has 3 atom stereocenters. The largest absolute Gasteiger partial charge is 0.380 e. The second-order valence-electron chi connectivity index (χ2n) is 5.51. The van der Waals surface area contributed by atoms with Crippen LogP contribution in [0.25, 0.3) is 0 Å². The SMILES string of the molecule is CCCNC1CCOCC1S(=O)c1ccc(C)c(C)c1. The molecule has 1 aliphatic rings. The fraction of sp³-hybridized carbons (Fsp3) is 0.625. The van der Waals surface area contributed by atoms with Gasteiger partial charge in [0.2, 0.25) is 0 Å². The molecule has 20 heavy (non-hydrogen) atoms. The third kappa shape index (κ3) is 3.68. The smallest absolute Gasteiger partial charge is 0.0782 e. The maximum Gasteiger partial charge on any atom is 0.0782 e. The van der Waals surface area contributed by atoms with E-state index in [1.165, 1.54) is 11.1 Å². The molecule has 0 radical (unpaired) electrons. The summed E-state index contributed by atoms with van der Waals surface area (Å²) < 4.78 is 18.4. The maximum atomic E-state index is 12.8. The molecule has 1 aliphatic heterocycles. The van der Waals surface area contributed by atoms with Crippen LogP contribution < -0.4 is 5.32 Å². The zero-order valence-electron chi connectivity index (χ0n) is 12.6. The van der Waals surface area contributed by atoms with Gasteiger partial charge in [-0.2, -0.15) is 0 Å². The van der Waals surface area contributed by atoms with Gasteiger partial charge in [0.1, 0.15) is 0 Å². The van der Waals surface area contributed by atoms with Gasteiger partial charge in [-0.15, -0.1) is 0 Å². The van der Waals surface area contributed by atoms with Crippen LogP contribution in [0.4, 0.5) is 0 Å². The summed E-state index contributed by atoms with van der Waals surface area (Å²) in [4.78, 5) is 0.923. The van der Waals surface area contributed by atoms with Crippen LogP contribution in [0, 0.1) is 13.8 Å². The van der Waals surface area contributed by atoms with Crippen molar-refractivity contribution < 1.29 is 8.95 Å². The number of hydrogen-bond acceptors (Lipinski definition) is 3. The van der Waals surface area contributed by atoms with E-state index in [0.717, 1.165) is 30.9 Å². The minimum absolute atomic E-state index is 0.0532. The molecule has 1 N–H and O–H groups in total. The van der Waals surface area contributed by atoms with Crippen LogP contribution in [0.3, 0.4) is 0 Å². The Bertz CT molecular complexity index is 476. The van der Waals surface area contributed by atoms with Crippen molar-refractivity contribution in [2.45, 2.75) is 49.8 Å². The van der Waals surface area contributed by atoms with Gasteiger partial charge in [0.25, 0.3) is 0 Å². The molecular weight excluding hydrogens is 270 g/mol. The van der Waals surface area contributed by atoms with Crippen molar-refractivity contribution in [1.82, 2.24) is 5.32 Å². The molecule has 1 fully saturated rings. The monoisotopic (exact) mass is 295 g/mol. The Morgan fingerprint density at radius 3 is 2.85 bits per heavy atom. The minimum atomic E-state index is -1.01. The third-order valence-corrected chi connectivity index (χ3v) is 5.68. The van der Waals surface area contributed by atoms with Gasteiger partial charge in [-0.05, 0) is 56.5 Å². The molecule has 0 saturated carbocycles. The molecule has 0 aromatic heterocycles. The highest BCUT2D eigenvalue weighted by atomic mass is 32.2. The van der Waals surface area contributed by atoms with Crippen molar-refractivity contribution in [3.8, 4) is 0 Å². The number of nitrogens with one attached hydrogen (secondary N) is 1. The molecular formula is C16H25NO2S. The zero-order valence-corrected chi connectivity index (χ0v) is 13.5. The highest BCUT2D eigenvalue weighted by Gasteiger charge is 2.31. The Kier molecular flexibility index (Phi) is 5.75. The van der Waals surface area contributed by atoms with Gasteiger partial charge in [0.05, 0.1) is 22.7 Å². The summed E-state index contributed by atoms with van der Waals surface area (Å²) >= 11 is 0. The second kappa shape index (κ2) is 7.34. The van der Waals surface area contributed by atoms with Crippen molar-refractivity contribution in [2.24, 2.45) is 0 Å². The normalized spacial score (nSPS) is 24.6. The molecule has 1 heterocycles. The fourth-order valence-corrected chi connectivity index (χ4v) is 4.10. The third-order valence-electron chi connectivity index (χ3n) is 3.95. The standard InChI is InChI=1S/C16H25NO2S/c1-4-8-17-15-7-9-19-11-16(15)20(18)14-6-5-12(2)13(3)10-14/h5-6,10,15-17H,4,7-9,11H2,1-3H3. The number of rotatable bonds is 5. The Hall–Kier alpha value is -0.710. The predicted molar refractivity (Wildman–Crippen MR) is 83.6 cm³/mol. The van der Waals surface area contributed by atoms with Crippen LogP contribution in [0.5, 0.6) is 0 Å². The van der Waals surface area contributed by atoms with Gasteiger partial charge < -0.3 is 10.1 Å². The van der Waals surface area contributed by atoms with E-state index >= 15 is 0 Å². The molecule has 3 unspecified atom stereocenters. The van der Waals surface area contributed by atoms with Crippen molar-refractivity contribution >= 4 is 10.8 Å². The fourth-order valence-electron chi connectivity index (χ4n) is 2.50. The van der Waals surface area contributed by atoms with Gasteiger partial charge in [-0.3, -0.25) is 4.21 Å². The lowest BCUT2D eigenvalue weighted by atomic mass is 10.1. The molecule has 1 aromatic carbocycles. The van der Waals surface area contributed by atoms with Gasteiger partial charge in [-0.1, -0.05) is 13.0 Å². The van der Waals surface area contributed by atoms with Crippen LogP contribution in [0.1, 0.15) is 30.9 Å². The molecule has 1 aromatic rings. The molecule has 2 rings (SSSR count). The molecule has 0 spiro atoms. The van der Waals surface area contributed by atoms with Crippen molar-refractivity contribution in [3.05, 3.63) is 29.3 Å². The molecule has 0 bridgehead atoms. The highest BCUT2D eigenvalue weighted by Crippen LogP contribution is 2.21. The Labute approximate surface area is 124 Å². The maximum absolute atomic E-state index is 12.8. The summed E-state index contributed by atoms with van der Waals surface area (Å²) in [5.41, 5.74) is 2.44. The van der Waals surface area contributed by atoms with Crippen LogP contribution in [-0.2, 0) is 15.5 Å². The van der Waals surface area contributed by atoms with E-state index < -0.39 is 10.8 Å². The number of aryl methyl sites for hydroxylation is 2. The first-order valence-corrected chi connectivity index (χ1v) is 8.63. The summed E-state index contributed by atoms with van der Waals surface area (Å²) in [6.45, 7) is 8.63. The van der Waals surface area contributed by atoms with Crippen molar-refractivity contribution in [1.29, 1.82) is 0 Å². The van der Waals surface area contributed by atoms with E-state index in [4.69, 9.17) is 4.74 Å². The average molecular weight is 295 g/mol. The summed E-state index contributed by atoms with van der Waals surface area (Å²) in [5.74, 6) is 0. The lowest BCUT2D eigenvalue weighted by molar-refractivity contribution is 0.0820.